The lowest BCUT2D eigenvalue weighted by Gasteiger charge is -2.23. The number of carbonyl (C=O) groups excluding carboxylic acids is 2. The Labute approximate surface area is 126 Å². The molecule has 0 saturated carbocycles. The molecule has 0 aliphatic carbocycles. The quantitative estimate of drug-likeness (QED) is 0.485. The van der Waals surface area contributed by atoms with Crippen LogP contribution < -0.4 is 5.32 Å². The van der Waals surface area contributed by atoms with Crippen molar-refractivity contribution in [1.29, 1.82) is 0 Å². The highest BCUT2D eigenvalue weighted by Crippen LogP contribution is 2.17. The van der Waals surface area contributed by atoms with Crippen LogP contribution in [0.5, 0.6) is 0 Å². The van der Waals surface area contributed by atoms with Crippen molar-refractivity contribution in [2.45, 2.75) is 25.3 Å². The van der Waals surface area contributed by atoms with Crippen LogP contribution in [0.1, 0.15) is 19.3 Å². The standard InChI is InChI=1S/C13H25N3O4S/c1-15(2)7-4-6-14-12(17)9-13(18)16(3)11-5-8-21(19,20)10-11/h11H,4-10H2,1-3H3,(H,14,17). The minimum Gasteiger partial charge on any atom is -0.356 e. The van der Waals surface area contributed by atoms with Crippen LogP contribution in [-0.4, -0.2) is 81.8 Å². The molecular weight excluding hydrogens is 294 g/mol. The van der Waals surface area contributed by atoms with Crippen molar-refractivity contribution in [3.8, 4) is 0 Å². The van der Waals surface area contributed by atoms with Crippen LogP contribution in [0.2, 0.25) is 0 Å². The molecule has 7 nitrogen and oxygen atoms in total. The summed E-state index contributed by atoms with van der Waals surface area (Å²) < 4.78 is 22.8. The van der Waals surface area contributed by atoms with Crippen LogP contribution in [0, 0.1) is 0 Å². The Hall–Kier alpha value is -1.15. The fourth-order valence-electron chi connectivity index (χ4n) is 2.23. The molecule has 1 rings (SSSR count). The van der Waals surface area contributed by atoms with Gasteiger partial charge in [0.15, 0.2) is 9.84 Å². The summed E-state index contributed by atoms with van der Waals surface area (Å²) in [5.74, 6) is -0.528. The Morgan fingerprint density at radius 3 is 2.43 bits per heavy atom. The predicted molar refractivity (Wildman–Crippen MR) is 80.6 cm³/mol. The molecule has 1 unspecified atom stereocenters. The zero-order valence-electron chi connectivity index (χ0n) is 13.0. The number of nitrogens with one attached hydrogen (secondary N) is 1. The van der Waals surface area contributed by atoms with Gasteiger partial charge < -0.3 is 15.1 Å². The maximum atomic E-state index is 12.0. The van der Waals surface area contributed by atoms with Crippen LogP contribution >= 0.6 is 0 Å². The highest BCUT2D eigenvalue weighted by Gasteiger charge is 2.33. The molecule has 0 spiro atoms. The molecule has 1 fully saturated rings. The Bertz CT molecular complexity index is 476. The van der Waals surface area contributed by atoms with E-state index in [9.17, 15) is 18.0 Å². The van der Waals surface area contributed by atoms with Crippen molar-refractivity contribution in [2.24, 2.45) is 0 Å². The largest absolute Gasteiger partial charge is 0.356 e. The number of carbonyl (C=O) groups is 2. The molecule has 0 bridgehead atoms. The smallest absolute Gasteiger partial charge is 0.232 e. The summed E-state index contributed by atoms with van der Waals surface area (Å²) in [6.07, 6.45) is 1.05. The number of amides is 2. The molecule has 21 heavy (non-hydrogen) atoms. The Morgan fingerprint density at radius 2 is 1.90 bits per heavy atom. The van der Waals surface area contributed by atoms with Gasteiger partial charge >= 0.3 is 0 Å². The molecule has 1 aliphatic rings. The molecule has 0 aromatic carbocycles. The third kappa shape index (κ3) is 6.43. The first-order valence-corrected chi connectivity index (χ1v) is 8.91. The summed E-state index contributed by atoms with van der Waals surface area (Å²) in [6, 6.07) is -0.302. The van der Waals surface area contributed by atoms with Gasteiger partial charge in [0.2, 0.25) is 11.8 Å². The third-order valence-corrected chi connectivity index (χ3v) is 5.32. The van der Waals surface area contributed by atoms with Gasteiger partial charge in [-0.2, -0.15) is 0 Å². The second-order valence-electron chi connectivity index (χ2n) is 5.75. The van der Waals surface area contributed by atoms with Crippen LogP contribution in [0.15, 0.2) is 0 Å². The summed E-state index contributed by atoms with van der Waals surface area (Å²) >= 11 is 0. The molecule has 2 amide bonds. The first-order chi connectivity index (χ1) is 9.71. The van der Waals surface area contributed by atoms with Crippen LogP contribution in [0.25, 0.3) is 0 Å². The lowest BCUT2D eigenvalue weighted by atomic mass is 10.2. The summed E-state index contributed by atoms with van der Waals surface area (Å²) in [7, 11) is 2.44. The third-order valence-electron chi connectivity index (χ3n) is 3.57. The molecule has 1 saturated heterocycles. The highest BCUT2D eigenvalue weighted by atomic mass is 32.2. The van der Waals surface area contributed by atoms with Gasteiger partial charge in [0.25, 0.3) is 0 Å². The number of nitrogens with zero attached hydrogens (tertiary/aromatic N) is 2. The summed E-state index contributed by atoms with van der Waals surface area (Å²) in [6.45, 7) is 1.40. The van der Waals surface area contributed by atoms with E-state index in [0.29, 0.717) is 13.0 Å². The second kappa shape index (κ2) is 7.74. The zero-order valence-corrected chi connectivity index (χ0v) is 13.8. The van der Waals surface area contributed by atoms with Crippen molar-refractivity contribution in [1.82, 2.24) is 15.1 Å². The van der Waals surface area contributed by atoms with Crippen molar-refractivity contribution in [3.05, 3.63) is 0 Å². The van der Waals surface area contributed by atoms with Gasteiger partial charge in [0.05, 0.1) is 11.5 Å². The predicted octanol–water partition coefficient (Wildman–Crippen LogP) is -0.910. The van der Waals surface area contributed by atoms with E-state index in [2.05, 4.69) is 5.32 Å². The van der Waals surface area contributed by atoms with Gasteiger partial charge in [-0.05, 0) is 33.5 Å². The Kier molecular flexibility index (Phi) is 6.60. The average Bonchev–Trinajstić information content (AvgIpc) is 2.73. The van der Waals surface area contributed by atoms with Crippen molar-refractivity contribution >= 4 is 21.7 Å². The second-order valence-corrected chi connectivity index (χ2v) is 7.97. The fraction of sp³-hybridized carbons (Fsp3) is 0.846. The first kappa shape index (κ1) is 17.9. The lowest BCUT2D eigenvalue weighted by molar-refractivity contribution is -0.136. The number of hydrogen-bond acceptors (Lipinski definition) is 5. The van der Waals surface area contributed by atoms with Crippen LogP contribution in [0.4, 0.5) is 0 Å². The van der Waals surface area contributed by atoms with E-state index in [1.54, 1.807) is 7.05 Å². The molecule has 1 heterocycles. The first-order valence-electron chi connectivity index (χ1n) is 7.09. The summed E-state index contributed by atoms with van der Waals surface area (Å²) in [5, 5.41) is 2.70. The highest BCUT2D eigenvalue weighted by molar-refractivity contribution is 7.91. The molecule has 122 valence electrons. The molecule has 1 atom stereocenters. The van der Waals surface area contributed by atoms with Gasteiger partial charge in [0, 0.05) is 19.6 Å². The van der Waals surface area contributed by atoms with E-state index in [1.807, 2.05) is 19.0 Å². The molecule has 0 radical (unpaired) electrons. The fourth-order valence-corrected chi connectivity index (χ4v) is 4.01. The number of rotatable bonds is 7. The molecule has 0 aromatic rings. The molecule has 1 N–H and O–H groups in total. The van der Waals surface area contributed by atoms with Crippen LogP contribution in [0.3, 0.4) is 0 Å². The number of sulfone groups is 1. The summed E-state index contributed by atoms with van der Waals surface area (Å²) in [5.41, 5.74) is 0. The molecule has 8 heteroatoms. The number of hydrogen-bond donors (Lipinski definition) is 1. The maximum absolute atomic E-state index is 12.0. The lowest BCUT2D eigenvalue weighted by Crippen LogP contribution is -2.40. The Morgan fingerprint density at radius 1 is 1.24 bits per heavy atom. The summed E-state index contributed by atoms with van der Waals surface area (Å²) in [4.78, 5) is 27.0. The average molecular weight is 319 g/mol. The van der Waals surface area contributed by atoms with E-state index in [1.165, 1.54) is 4.90 Å². The Balaban J connectivity index is 2.30. The normalized spacial score (nSPS) is 20.5. The van der Waals surface area contributed by atoms with Crippen LogP contribution in [-0.2, 0) is 19.4 Å². The maximum Gasteiger partial charge on any atom is 0.232 e. The topological polar surface area (TPSA) is 86.8 Å². The molecule has 1 aliphatic heterocycles. The molecular formula is C13H25N3O4S. The van der Waals surface area contributed by atoms with Crippen molar-refractivity contribution < 1.29 is 18.0 Å². The van der Waals surface area contributed by atoms with Gasteiger partial charge in [-0.1, -0.05) is 0 Å². The van der Waals surface area contributed by atoms with Gasteiger partial charge in [-0.15, -0.1) is 0 Å². The monoisotopic (exact) mass is 319 g/mol. The van der Waals surface area contributed by atoms with Crippen molar-refractivity contribution in [3.63, 3.8) is 0 Å². The van der Waals surface area contributed by atoms with E-state index in [0.717, 1.165) is 13.0 Å². The van der Waals surface area contributed by atoms with Gasteiger partial charge in [-0.25, -0.2) is 8.42 Å². The van der Waals surface area contributed by atoms with Gasteiger partial charge in [-0.3, -0.25) is 9.59 Å². The van der Waals surface area contributed by atoms with E-state index in [-0.39, 0.29) is 35.8 Å². The zero-order chi connectivity index (χ0) is 16.0. The van der Waals surface area contributed by atoms with Gasteiger partial charge in [0.1, 0.15) is 6.42 Å². The SMILES string of the molecule is CN(C)CCCNC(=O)CC(=O)N(C)C1CCS(=O)(=O)C1. The minimum atomic E-state index is -3.03. The van der Waals surface area contributed by atoms with E-state index in [4.69, 9.17) is 0 Å². The van der Waals surface area contributed by atoms with E-state index >= 15 is 0 Å². The van der Waals surface area contributed by atoms with Crippen molar-refractivity contribution in [2.75, 3.05) is 45.7 Å². The minimum absolute atomic E-state index is 0.000304. The molecule has 0 aromatic heterocycles. The van der Waals surface area contributed by atoms with E-state index < -0.39 is 9.84 Å².